The van der Waals surface area contributed by atoms with E-state index in [1.807, 2.05) is 0 Å². The SMILES string of the molecule is NC(=O)O[C@H]1CC[C@H](NC(=O)c2cn(C3CC3)nn2)CC1. The Kier molecular flexibility index (Phi) is 3.76. The molecule has 0 unspecified atom stereocenters. The molecule has 2 fully saturated rings. The van der Waals surface area contributed by atoms with Crippen molar-refractivity contribution in [1.82, 2.24) is 20.3 Å². The zero-order chi connectivity index (χ0) is 14.8. The second kappa shape index (κ2) is 5.71. The van der Waals surface area contributed by atoms with E-state index in [0.29, 0.717) is 24.6 Å². The number of primary amides is 1. The van der Waals surface area contributed by atoms with Gasteiger partial charge in [0.15, 0.2) is 5.69 Å². The van der Waals surface area contributed by atoms with E-state index in [2.05, 4.69) is 15.6 Å². The highest BCUT2D eigenvalue weighted by atomic mass is 16.6. The van der Waals surface area contributed by atoms with Crippen molar-refractivity contribution in [1.29, 1.82) is 0 Å². The maximum absolute atomic E-state index is 12.1. The molecule has 3 rings (SSSR count). The van der Waals surface area contributed by atoms with Gasteiger partial charge in [-0.3, -0.25) is 4.79 Å². The topological polar surface area (TPSA) is 112 Å². The van der Waals surface area contributed by atoms with E-state index in [1.165, 1.54) is 0 Å². The van der Waals surface area contributed by atoms with Crippen LogP contribution >= 0.6 is 0 Å². The zero-order valence-corrected chi connectivity index (χ0v) is 11.7. The average Bonchev–Trinajstić information content (AvgIpc) is 3.18. The Labute approximate surface area is 122 Å². The predicted octanol–water partition coefficient (Wildman–Crippen LogP) is 0.749. The number of amides is 2. The number of hydrogen-bond donors (Lipinski definition) is 2. The number of nitrogens with one attached hydrogen (secondary N) is 1. The first kappa shape index (κ1) is 13.8. The third-order valence-corrected chi connectivity index (χ3v) is 3.96. The lowest BCUT2D eigenvalue weighted by Gasteiger charge is -2.28. The van der Waals surface area contributed by atoms with E-state index in [9.17, 15) is 9.59 Å². The van der Waals surface area contributed by atoms with Crippen LogP contribution in [-0.4, -0.2) is 39.1 Å². The van der Waals surface area contributed by atoms with Crippen LogP contribution in [-0.2, 0) is 4.74 Å². The number of carbonyl (C=O) groups excluding carboxylic acids is 2. The molecule has 1 heterocycles. The summed E-state index contributed by atoms with van der Waals surface area (Å²) < 4.78 is 6.72. The molecule has 21 heavy (non-hydrogen) atoms. The quantitative estimate of drug-likeness (QED) is 0.850. The Hall–Kier alpha value is -2.12. The Morgan fingerprint density at radius 2 is 1.95 bits per heavy atom. The molecule has 0 aromatic carbocycles. The molecular formula is C13H19N5O3. The summed E-state index contributed by atoms with van der Waals surface area (Å²) in [6.07, 6.45) is 5.99. The Morgan fingerprint density at radius 1 is 1.24 bits per heavy atom. The molecule has 3 N–H and O–H groups in total. The number of hydrogen-bond acceptors (Lipinski definition) is 5. The lowest BCUT2D eigenvalue weighted by Crippen LogP contribution is -2.40. The molecule has 0 saturated heterocycles. The molecule has 0 aliphatic heterocycles. The summed E-state index contributed by atoms with van der Waals surface area (Å²) in [7, 11) is 0. The first-order valence-corrected chi connectivity index (χ1v) is 7.30. The van der Waals surface area contributed by atoms with E-state index >= 15 is 0 Å². The highest BCUT2D eigenvalue weighted by Crippen LogP contribution is 2.33. The van der Waals surface area contributed by atoms with Crippen LogP contribution in [0.3, 0.4) is 0 Å². The summed E-state index contributed by atoms with van der Waals surface area (Å²) in [4.78, 5) is 22.8. The fraction of sp³-hybridized carbons (Fsp3) is 0.692. The maximum Gasteiger partial charge on any atom is 0.404 e. The first-order valence-electron chi connectivity index (χ1n) is 7.30. The molecule has 0 atom stereocenters. The van der Waals surface area contributed by atoms with Crippen molar-refractivity contribution in [2.75, 3.05) is 0 Å². The minimum absolute atomic E-state index is 0.0799. The Bertz CT molecular complexity index is 532. The predicted molar refractivity (Wildman–Crippen MR) is 72.5 cm³/mol. The van der Waals surface area contributed by atoms with E-state index in [0.717, 1.165) is 25.7 Å². The largest absolute Gasteiger partial charge is 0.446 e. The number of carbonyl (C=O) groups is 2. The van der Waals surface area contributed by atoms with Crippen LogP contribution in [0.5, 0.6) is 0 Å². The van der Waals surface area contributed by atoms with Gasteiger partial charge in [0.1, 0.15) is 6.10 Å². The molecule has 0 bridgehead atoms. The van der Waals surface area contributed by atoms with E-state index < -0.39 is 6.09 Å². The van der Waals surface area contributed by atoms with Crippen LogP contribution < -0.4 is 11.1 Å². The van der Waals surface area contributed by atoms with Crippen LogP contribution in [0.25, 0.3) is 0 Å². The number of rotatable bonds is 4. The van der Waals surface area contributed by atoms with Gasteiger partial charge in [-0.2, -0.15) is 0 Å². The molecule has 1 aromatic heterocycles. The van der Waals surface area contributed by atoms with Gasteiger partial charge >= 0.3 is 6.09 Å². The second-order valence-electron chi connectivity index (χ2n) is 5.70. The Morgan fingerprint density at radius 3 is 2.57 bits per heavy atom. The minimum atomic E-state index is -0.737. The lowest BCUT2D eigenvalue weighted by molar-refractivity contribution is 0.0709. The van der Waals surface area contributed by atoms with Crippen LogP contribution in [0.15, 0.2) is 6.20 Å². The average molecular weight is 293 g/mol. The van der Waals surface area contributed by atoms with Gasteiger partial charge in [0.05, 0.1) is 12.2 Å². The van der Waals surface area contributed by atoms with Gasteiger partial charge in [-0.15, -0.1) is 5.10 Å². The third kappa shape index (κ3) is 3.50. The van der Waals surface area contributed by atoms with Crippen molar-refractivity contribution >= 4 is 12.0 Å². The molecule has 2 aliphatic rings. The summed E-state index contributed by atoms with van der Waals surface area (Å²) >= 11 is 0. The summed E-state index contributed by atoms with van der Waals surface area (Å²) in [6, 6.07) is 0.497. The van der Waals surface area contributed by atoms with Crippen molar-refractivity contribution in [3.05, 3.63) is 11.9 Å². The van der Waals surface area contributed by atoms with Gasteiger partial charge < -0.3 is 15.8 Å². The summed E-state index contributed by atoms with van der Waals surface area (Å²) in [5, 5.41) is 10.8. The molecule has 2 saturated carbocycles. The van der Waals surface area contributed by atoms with Crippen molar-refractivity contribution < 1.29 is 14.3 Å². The fourth-order valence-electron chi connectivity index (χ4n) is 2.65. The molecule has 8 heteroatoms. The molecule has 0 radical (unpaired) electrons. The summed E-state index contributed by atoms with van der Waals surface area (Å²) in [6.45, 7) is 0. The van der Waals surface area contributed by atoms with Gasteiger partial charge in [0.2, 0.25) is 0 Å². The van der Waals surface area contributed by atoms with Gasteiger partial charge in [-0.05, 0) is 38.5 Å². The van der Waals surface area contributed by atoms with Crippen molar-refractivity contribution in [3.8, 4) is 0 Å². The molecule has 1 aromatic rings. The van der Waals surface area contributed by atoms with E-state index in [4.69, 9.17) is 10.5 Å². The number of nitrogens with zero attached hydrogens (tertiary/aromatic N) is 3. The summed E-state index contributed by atoms with van der Waals surface area (Å²) in [5.74, 6) is -0.193. The normalized spacial score (nSPS) is 25.3. The third-order valence-electron chi connectivity index (χ3n) is 3.96. The minimum Gasteiger partial charge on any atom is -0.446 e. The van der Waals surface area contributed by atoms with Gasteiger partial charge in [-0.25, -0.2) is 9.48 Å². The number of ether oxygens (including phenoxy) is 1. The lowest BCUT2D eigenvalue weighted by atomic mass is 9.93. The second-order valence-corrected chi connectivity index (χ2v) is 5.70. The molecular weight excluding hydrogens is 274 g/mol. The van der Waals surface area contributed by atoms with Crippen molar-refractivity contribution in [2.45, 2.75) is 56.7 Å². The highest BCUT2D eigenvalue weighted by molar-refractivity contribution is 5.92. The molecule has 114 valence electrons. The van der Waals surface area contributed by atoms with Crippen LogP contribution in [0, 0.1) is 0 Å². The van der Waals surface area contributed by atoms with Gasteiger partial charge in [0.25, 0.3) is 5.91 Å². The fourth-order valence-corrected chi connectivity index (χ4v) is 2.65. The summed E-state index contributed by atoms with van der Waals surface area (Å²) in [5.41, 5.74) is 5.36. The molecule has 2 amide bonds. The molecule has 2 aliphatic carbocycles. The van der Waals surface area contributed by atoms with E-state index in [-0.39, 0.29) is 18.1 Å². The standard InChI is InChI=1S/C13H19N5O3/c14-13(20)21-10-5-1-8(2-6-10)15-12(19)11-7-18(17-16-11)9-3-4-9/h7-10H,1-6H2,(H2,14,20)(H,15,19)/t8-,10-. The first-order chi connectivity index (χ1) is 10.1. The van der Waals surface area contributed by atoms with Gasteiger partial charge in [0, 0.05) is 6.04 Å². The molecule has 8 nitrogen and oxygen atoms in total. The highest BCUT2D eigenvalue weighted by Gasteiger charge is 2.28. The van der Waals surface area contributed by atoms with Gasteiger partial charge in [-0.1, -0.05) is 5.21 Å². The number of aromatic nitrogens is 3. The van der Waals surface area contributed by atoms with Crippen molar-refractivity contribution in [3.63, 3.8) is 0 Å². The monoisotopic (exact) mass is 293 g/mol. The van der Waals surface area contributed by atoms with E-state index in [1.54, 1.807) is 10.9 Å². The maximum atomic E-state index is 12.1. The smallest absolute Gasteiger partial charge is 0.404 e. The number of nitrogens with two attached hydrogens (primary N) is 1. The van der Waals surface area contributed by atoms with Crippen LogP contribution in [0.2, 0.25) is 0 Å². The van der Waals surface area contributed by atoms with Crippen LogP contribution in [0.4, 0.5) is 4.79 Å². The zero-order valence-electron chi connectivity index (χ0n) is 11.7. The Balaban J connectivity index is 1.47. The molecule has 0 spiro atoms. The van der Waals surface area contributed by atoms with Crippen molar-refractivity contribution in [2.24, 2.45) is 5.73 Å². The van der Waals surface area contributed by atoms with Crippen LogP contribution in [0.1, 0.15) is 55.1 Å².